The lowest BCUT2D eigenvalue weighted by Crippen LogP contribution is -2.36. The molecule has 0 unspecified atom stereocenters. The number of nitrogens with one attached hydrogen (secondary N) is 1. The zero-order valence-electron chi connectivity index (χ0n) is 12.4. The van der Waals surface area contributed by atoms with Gasteiger partial charge in [-0.3, -0.25) is 0 Å². The second-order valence-corrected chi connectivity index (χ2v) is 5.57. The average Bonchev–Trinajstić information content (AvgIpc) is 2.50. The molecule has 1 fully saturated rings. The van der Waals surface area contributed by atoms with Crippen molar-refractivity contribution < 1.29 is 9.84 Å². The average molecular weight is 300 g/mol. The summed E-state index contributed by atoms with van der Waals surface area (Å²) in [4.78, 5) is 8.21. The van der Waals surface area contributed by atoms with E-state index < -0.39 is 0 Å². The van der Waals surface area contributed by atoms with E-state index in [1.54, 1.807) is 13.2 Å². The van der Waals surface area contributed by atoms with Gasteiger partial charge < -0.3 is 20.9 Å². The molecule has 0 radical (unpaired) electrons. The predicted molar refractivity (Wildman–Crippen MR) is 84.5 cm³/mol. The standard InChI is InChI=1S/C16H20N4O2/c1-22-14-9-13(19-16(17)20-14)18-15(11-7-12(21)8-11)10-5-3-2-4-6-10/h2-6,9,11-12,15,21H,7-8H2,1H3,(H3,17,18,19,20)/t11?,12?,15-/m1/s1. The van der Waals surface area contributed by atoms with Gasteiger partial charge in [0.05, 0.1) is 19.3 Å². The van der Waals surface area contributed by atoms with Gasteiger partial charge in [-0.15, -0.1) is 0 Å². The third-order valence-electron chi connectivity index (χ3n) is 4.01. The molecule has 0 bridgehead atoms. The van der Waals surface area contributed by atoms with Gasteiger partial charge in [0.25, 0.3) is 0 Å². The fourth-order valence-corrected chi connectivity index (χ4v) is 2.82. The minimum atomic E-state index is -0.206. The minimum absolute atomic E-state index is 0.0728. The Kier molecular flexibility index (Phi) is 4.11. The van der Waals surface area contributed by atoms with Crippen molar-refractivity contribution in [1.82, 2.24) is 9.97 Å². The van der Waals surface area contributed by atoms with Crippen LogP contribution in [0.4, 0.5) is 11.8 Å². The Morgan fingerprint density at radius 2 is 2.00 bits per heavy atom. The summed E-state index contributed by atoms with van der Waals surface area (Å²) in [5.41, 5.74) is 6.87. The first-order chi connectivity index (χ1) is 10.7. The fraction of sp³-hybridized carbons (Fsp3) is 0.375. The van der Waals surface area contributed by atoms with E-state index in [1.165, 1.54) is 0 Å². The van der Waals surface area contributed by atoms with Gasteiger partial charge in [0.2, 0.25) is 11.8 Å². The number of nitrogens with zero attached hydrogens (tertiary/aromatic N) is 2. The fourth-order valence-electron chi connectivity index (χ4n) is 2.82. The SMILES string of the molecule is COc1cc(N[C@H](c2ccccc2)C2CC(O)C2)nc(N)n1. The summed E-state index contributed by atoms with van der Waals surface area (Å²) < 4.78 is 5.13. The maximum absolute atomic E-state index is 9.61. The Hall–Kier alpha value is -2.34. The molecule has 116 valence electrons. The largest absolute Gasteiger partial charge is 0.481 e. The number of methoxy groups -OCH3 is 1. The number of nitrogens with two attached hydrogens (primary N) is 1. The summed E-state index contributed by atoms with van der Waals surface area (Å²) in [6.07, 6.45) is 1.36. The van der Waals surface area contributed by atoms with Crippen LogP contribution in [0.2, 0.25) is 0 Å². The van der Waals surface area contributed by atoms with Crippen LogP contribution in [0.5, 0.6) is 5.88 Å². The third-order valence-corrected chi connectivity index (χ3v) is 4.01. The summed E-state index contributed by atoms with van der Waals surface area (Å²) in [7, 11) is 1.54. The molecule has 1 aliphatic carbocycles. The maximum Gasteiger partial charge on any atom is 0.225 e. The van der Waals surface area contributed by atoms with Crippen LogP contribution < -0.4 is 15.8 Å². The number of hydrogen-bond donors (Lipinski definition) is 3. The lowest BCUT2D eigenvalue weighted by Gasteiger charge is -2.38. The molecule has 0 amide bonds. The van der Waals surface area contributed by atoms with Gasteiger partial charge in [-0.05, 0) is 24.3 Å². The molecule has 1 heterocycles. The molecule has 6 heteroatoms. The molecule has 1 saturated carbocycles. The monoisotopic (exact) mass is 300 g/mol. The Labute approximate surface area is 129 Å². The topological polar surface area (TPSA) is 93.3 Å². The lowest BCUT2D eigenvalue weighted by molar-refractivity contribution is 0.0339. The van der Waals surface area contributed by atoms with Crippen molar-refractivity contribution in [2.45, 2.75) is 25.0 Å². The van der Waals surface area contributed by atoms with E-state index >= 15 is 0 Å². The molecule has 0 spiro atoms. The number of aliphatic hydroxyl groups is 1. The molecular weight excluding hydrogens is 280 g/mol. The van der Waals surface area contributed by atoms with E-state index in [2.05, 4.69) is 27.4 Å². The molecule has 0 saturated heterocycles. The van der Waals surface area contributed by atoms with Crippen LogP contribution >= 0.6 is 0 Å². The van der Waals surface area contributed by atoms with E-state index in [0.29, 0.717) is 17.6 Å². The van der Waals surface area contributed by atoms with Crippen molar-refractivity contribution in [2.24, 2.45) is 5.92 Å². The van der Waals surface area contributed by atoms with Crippen molar-refractivity contribution in [2.75, 3.05) is 18.2 Å². The number of rotatable bonds is 5. The van der Waals surface area contributed by atoms with Crippen LogP contribution in [0.15, 0.2) is 36.4 Å². The molecule has 3 rings (SSSR count). The Morgan fingerprint density at radius 3 is 2.64 bits per heavy atom. The number of anilines is 2. The first-order valence-corrected chi connectivity index (χ1v) is 7.34. The van der Waals surface area contributed by atoms with Crippen molar-refractivity contribution in [1.29, 1.82) is 0 Å². The van der Waals surface area contributed by atoms with Crippen molar-refractivity contribution in [3.8, 4) is 5.88 Å². The molecular formula is C16H20N4O2. The first kappa shape index (κ1) is 14.6. The van der Waals surface area contributed by atoms with Crippen molar-refractivity contribution in [3.63, 3.8) is 0 Å². The van der Waals surface area contributed by atoms with Crippen LogP contribution in [0, 0.1) is 5.92 Å². The molecule has 1 atom stereocenters. The number of nitrogen functional groups attached to an aromatic ring is 1. The second kappa shape index (κ2) is 6.19. The lowest BCUT2D eigenvalue weighted by atomic mass is 9.75. The molecule has 6 nitrogen and oxygen atoms in total. The Balaban J connectivity index is 1.85. The number of aromatic nitrogens is 2. The van der Waals surface area contributed by atoms with Crippen LogP contribution in [0.1, 0.15) is 24.4 Å². The summed E-state index contributed by atoms with van der Waals surface area (Å²) >= 11 is 0. The van der Waals surface area contributed by atoms with Crippen LogP contribution in [0.25, 0.3) is 0 Å². The van der Waals surface area contributed by atoms with Crippen LogP contribution in [-0.2, 0) is 0 Å². The molecule has 4 N–H and O–H groups in total. The normalized spacial score (nSPS) is 21.7. The second-order valence-electron chi connectivity index (χ2n) is 5.57. The molecule has 2 aromatic rings. The minimum Gasteiger partial charge on any atom is -0.481 e. The zero-order valence-corrected chi connectivity index (χ0v) is 12.4. The van der Waals surface area contributed by atoms with Crippen molar-refractivity contribution in [3.05, 3.63) is 42.0 Å². The van der Waals surface area contributed by atoms with Gasteiger partial charge in [0.15, 0.2) is 0 Å². The molecule has 22 heavy (non-hydrogen) atoms. The summed E-state index contributed by atoms with van der Waals surface area (Å²) in [6, 6.07) is 11.9. The highest BCUT2D eigenvalue weighted by Gasteiger charge is 2.35. The Bertz CT molecular complexity index is 629. The van der Waals surface area contributed by atoms with Crippen LogP contribution in [0.3, 0.4) is 0 Å². The van der Waals surface area contributed by atoms with Crippen LogP contribution in [-0.4, -0.2) is 28.3 Å². The number of benzene rings is 1. The van der Waals surface area contributed by atoms with Gasteiger partial charge in [-0.1, -0.05) is 30.3 Å². The van der Waals surface area contributed by atoms with Gasteiger partial charge >= 0.3 is 0 Å². The molecule has 1 aromatic carbocycles. The summed E-state index contributed by atoms with van der Waals surface area (Å²) in [6.45, 7) is 0. The first-order valence-electron chi connectivity index (χ1n) is 7.34. The van der Waals surface area contributed by atoms with Crippen molar-refractivity contribution >= 4 is 11.8 Å². The maximum atomic E-state index is 9.61. The van der Waals surface area contributed by atoms with E-state index in [4.69, 9.17) is 10.5 Å². The summed E-state index contributed by atoms with van der Waals surface area (Å²) in [5.74, 6) is 1.58. The molecule has 1 aromatic heterocycles. The van der Waals surface area contributed by atoms with E-state index in [9.17, 15) is 5.11 Å². The highest BCUT2D eigenvalue weighted by molar-refractivity contribution is 5.45. The third kappa shape index (κ3) is 3.12. The number of hydrogen-bond acceptors (Lipinski definition) is 6. The number of ether oxygens (including phenoxy) is 1. The summed E-state index contributed by atoms with van der Waals surface area (Å²) in [5, 5.41) is 13.0. The Morgan fingerprint density at radius 1 is 1.27 bits per heavy atom. The van der Waals surface area contributed by atoms with E-state index in [1.807, 2.05) is 18.2 Å². The highest BCUT2D eigenvalue weighted by Crippen LogP contribution is 2.40. The van der Waals surface area contributed by atoms with Gasteiger partial charge in [0, 0.05) is 6.07 Å². The highest BCUT2D eigenvalue weighted by atomic mass is 16.5. The van der Waals surface area contributed by atoms with E-state index in [0.717, 1.165) is 18.4 Å². The predicted octanol–water partition coefficient (Wildman–Crippen LogP) is 1.99. The van der Waals surface area contributed by atoms with E-state index in [-0.39, 0.29) is 18.1 Å². The van der Waals surface area contributed by atoms with Gasteiger partial charge in [-0.2, -0.15) is 9.97 Å². The smallest absolute Gasteiger partial charge is 0.225 e. The molecule has 0 aliphatic heterocycles. The number of aliphatic hydroxyl groups excluding tert-OH is 1. The molecule has 1 aliphatic rings. The quantitative estimate of drug-likeness (QED) is 0.782. The van der Waals surface area contributed by atoms with Gasteiger partial charge in [-0.25, -0.2) is 0 Å². The zero-order chi connectivity index (χ0) is 15.5. The van der Waals surface area contributed by atoms with Gasteiger partial charge in [0.1, 0.15) is 5.82 Å².